The largest absolute Gasteiger partial charge is 0.420 e. The van der Waals surface area contributed by atoms with Crippen molar-refractivity contribution in [3.05, 3.63) is 65.2 Å². The molecular formula is C20H19N5O2. The number of nitrogens with zero attached hydrogens (tertiary/aromatic N) is 3. The number of aromatic nitrogens is 2. The quantitative estimate of drug-likeness (QED) is 0.812. The van der Waals surface area contributed by atoms with E-state index in [0.29, 0.717) is 24.1 Å². The second-order valence-corrected chi connectivity index (χ2v) is 6.56. The Hall–Kier alpha value is -3.53. The molecule has 1 aromatic carbocycles. The van der Waals surface area contributed by atoms with E-state index in [1.165, 1.54) is 0 Å². The summed E-state index contributed by atoms with van der Waals surface area (Å²) in [5, 5.41) is 17.1. The highest BCUT2D eigenvalue weighted by Crippen LogP contribution is 2.55. The van der Waals surface area contributed by atoms with Crippen molar-refractivity contribution in [1.29, 1.82) is 5.26 Å². The first-order valence-electron chi connectivity index (χ1n) is 8.79. The van der Waals surface area contributed by atoms with Gasteiger partial charge in [0.25, 0.3) is 0 Å². The van der Waals surface area contributed by atoms with Crippen LogP contribution >= 0.6 is 0 Å². The molecule has 1 aromatic heterocycles. The molecule has 0 bridgehead atoms. The van der Waals surface area contributed by atoms with Gasteiger partial charge in [0.05, 0.1) is 5.56 Å². The molecule has 0 saturated heterocycles. The topological polar surface area (TPSA) is 108 Å². The lowest BCUT2D eigenvalue weighted by Crippen LogP contribution is -2.46. The number of H-pyrrole nitrogens is 1. The summed E-state index contributed by atoms with van der Waals surface area (Å²) < 4.78 is 5.61. The Bertz CT molecular complexity index is 1030. The number of fused-ring (bicyclic) bond motifs is 4. The number of carbonyl (C=O) groups excluding carboxylic acids is 1. The molecule has 3 N–H and O–H groups in total. The molecule has 0 aliphatic carbocycles. The third kappa shape index (κ3) is 2.01. The Balaban J connectivity index is 2.12. The van der Waals surface area contributed by atoms with Crippen molar-refractivity contribution in [3.63, 3.8) is 0 Å². The van der Waals surface area contributed by atoms with Gasteiger partial charge in [-0.25, -0.2) is 0 Å². The molecule has 1 amide bonds. The molecule has 0 fully saturated rings. The van der Waals surface area contributed by atoms with Crippen LogP contribution in [0.3, 0.4) is 0 Å². The zero-order chi connectivity index (χ0) is 19.2. The number of amides is 1. The van der Waals surface area contributed by atoms with Gasteiger partial charge in [0, 0.05) is 23.5 Å². The van der Waals surface area contributed by atoms with Crippen LogP contribution in [0.15, 0.2) is 48.4 Å². The van der Waals surface area contributed by atoms with Crippen molar-refractivity contribution >= 4 is 11.6 Å². The highest BCUT2D eigenvalue weighted by Gasteiger charge is 2.60. The molecule has 1 atom stereocenters. The van der Waals surface area contributed by atoms with E-state index in [1.807, 2.05) is 31.2 Å². The van der Waals surface area contributed by atoms with E-state index in [0.717, 1.165) is 17.8 Å². The first-order chi connectivity index (χ1) is 13.1. The average molecular weight is 361 g/mol. The number of nitriles is 1. The summed E-state index contributed by atoms with van der Waals surface area (Å²) in [4.78, 5) is 15.4. The van der Waals surface area contributed by atoms with Crippen molar-refractivity contribution in [1.82, 2.24) is 10.2 Å². The van der Waals surface area contributed by atoms with Crippen molar-refractivity contribution in [2.45, 2.75) is 25.2 Å². The lowest BCUT2D eigenvalue weighted by molar-refractivity contribution is -0.120. The van der Waals surface area contributed by atoms with Gasteiger partial charge >= 0.3 is 0 Å². The van der Waals surface area contributed by atoms with E-state index >= 15 is 0 Å². The molecule has 2 aliphatic heterocycles. The number of anilines is 1. The normalized spacial score (nSPS) is 20.3. The van der Waals surface area contributed by atoms with Gasteiger partial charge in [-0.2, -0.15) is 5.26 Å². The number of rotatable bonds is 4. The minimum atomic E-state index is -1.36. The monoisotopic (exact) mass is 361 g/mol. The standard InChI is InChI=1S/C20H19N5O2/c1-3-7-14-16-18(24-23-14)27-17(22)13(11-21)20(16)12-8-5-6-9-15(12)25(10-4-2)19(20)26/h4-6,8-9H,2-3,7,10,22H2,1H3,(H,23,24). The molecule has 2 aromatic rings. The van der Waals surface area contributed by atoms with E-state index in [9.17, 15) is 10.1 Å². The van der Waals surface area contributed by atoms with Gasteiger partial charge in [-0.15, -0.1) is 11.7 Å². The molecule has 7 nitrogen and oxygen atoms in total. The summed E-state index contributed by atoms with van der Waals surface area (Å²) in [6.45, 7) is 6.12. The number of aromatic amines is 1. The van der Waals surface area contributed by atoms with Crippen LogP contribution < -0.4 is 15.4 Å². The summed E-state index contributed by atoms with van der Waals surface area (Å²) in [6.07, 6.45) is 3.18. The molecule has 0 radical (unpaired) electrons. The fourth-order valence-electron chi connectivity index (χ4n) is 4.10. The van der Waals surface area contributed by atoms with E-state index in [2.05, 4.69) is 22.8 Å². The van der Waals surface area contributed by atoms with Crippen LogP contribution in [-0.4, -0.2) is 22.6 Å². The van der Waals surface area contributed by atoms with Crippen LogP contribution in [0.5, 0.6) is 5.88 Å². The number of nitrogens with two attached hydrogens (primary N) is 1. The maximum absolute atomic E-state index is 13.8. The molecular weight excluding hydrogens is 342 g/mol. The zero-order valence-electron chi connectivity index (χ0n) is 15.0. The van der Waals surface area contributed by atoms with Crippen LogP contribution in [0.1, 0.15) is 30.2 Å². The van der Waals surface area contributed by atoms with Crippen LogP contribution in [0.2, 0.25) is 0 Å². The molecule has 0 saturated carbocycles. The number of carbonyl (C=O) groups is 1. The molecule has 3 heterocycles. The highest BCUT2D eigenvalue weighted by molar-refractivity contribution is 6.14. The van der Waals surface area contributed by atoms with Gasteiger partial charge < -0.3 is 15.4 Å². The third-order valence-electron chi connectivity index (χ3n) is 5.10. The number of hydrogen-bond acceptors (Lipinski definition) is 5. The number of hydrogen-bond donors (Lipinski definition) is 2. The van der Waals surface area contributed by atoms with E-state index < -0.39 is 5.41 Å². The maximum Gasteiger partial charge on any atom is 0.248 e. The second kappa shape index (κ2) is 6.02. The zero-order valence-corrected chi connectivity index (χ0v) is 15.0. The van der Waals surface area contributed by atoms with Gasteiger partial charge in [-0.1, -0.05) is 37.6 Å². The van der Waals surface area contributed by atoms with Crippen LogP contribution in [0.25, 0.3) is 0 Å². The van der Waals surface area contributed by atoms with Crippen LogP contribution in [0.4, 0.5) is 5.69 Å². The molecule has 136 valence electrons. The average Bonchev–Trinajstić information content (AvgIpc) is 3.16. The maximum atomic E-state index is 13.8. The number of benzene rings is 1. The Morgan fingerprint density at radius 3 is 2.96 bits per heavy atom. The molecule has 2 aliphatic rings. The van der Waals surface area contributed by atoms with Gasteiger partial charge in [0.1, 0.15) is 17.1 Å². The highest BCUT2D eigenvalue weighted by atomic mass is 16.5. The predicted molar refractivity (Wildman–Crippen MR) is 99.8 cm³/mol. The smallest absolute Gasteiger partial charge is 0.248 e. The van der Waals surface area contributed by atoms with Crippen molar-refractivity contribution in [3.8, 4) is 11.9 Å². The fourth-order valence-corrected chi connectivity index (χ4v) is 4.10. The molecule has 27 heavy (non-hydrogen) atoms. The van der Waals surface area contributed by atoms with E-state index in [4.69, 9.17) is 10.5 Å². The summed E-state index contributed by atoms with van der Waals surface area (Å²) in [5.74, 6) is -0.0897. The summed E-state index contributed by atoms with van der Waals surface area (Å²) >= 11 is 0. The Morgan fingerprint density at radius 1 is 1.48 bits per heavy atom. The molecule has 7 heteroatoms. The number of nitrogens with one attached hydrogen (secondary N) is 1. The number of aryl methyl sites for hydroxylation is 1. The molecule has 4 rings (SSSR count). The Kier molecular flexibility index (Phi) is 3.77. The van der Waals surface area contributed by atoms with Crippen LogP contribution in [0, 0.1) is 11.3 Å². The number of para-hydroxylation sites is 1. The van der Waals surface area contributed by atoms with Gasteiger partial charge in [-0.3, -0.25) is 9.89 Å². The lowest BCUT2D eigenvalue weighted by Gasteiger charge is -2.32. The van der Waals surface area contributed by atoms with Gasteiger partial charge in [0.2, 0.25) is 17.7 Å². The lowest BCUT2D eigenvalue weighted by atomic mass is 9.68. The minimum absolute atomic E-state index is 0.0943. The van der Waals surface area contributed by atoms with Gasteiger partial charge in [-0.05, 0) is 12.5 Å². The Morgan fingerprint density at radius 2 is 2.26 bits per heavy atom. The second-order valence-electron chi connectivity index (χ2n) is 6.56. The Labute approximate surface area is 156 Å². The van der Waals surface area contributed by atoms with Crippen LogP contribution in [-0.2, 0) is 16.6 Å². The third-order valence-corrected chi connectivity index (χ3v) is 5.10. The van der Waals surface area contributed by atoms with Crippen molar-refractivity contribution in [2.75, 3.05) is 11.4 Å². The first-order valence-corrected chi connectivity index (χ1v) is 8.79. The summed E-state index contributed by atoms with van der Waals surface area (Å²) in [5.41, 5.74) is 7.61. The first kappa shape index (κ1) is 16.9. The summed E-state index contributed by atoms with van der Waals surface area (Å²) in [6, 6.07) is 9.58. The number of ether oxygens (including phenoxy) is 1. The SMILES string of the molecule is C=CCN1C(=O)C2(C(C#N)=C(N)Oc3n[nH]c(CCC)c32)c2ccccc21. The van der Waals surface area contributed by atoms with E-state index in [-0.39, 0.29) is 23.2 Å². The molecule has 1 unspecified atom stereocenters. The fraction of sp³-hybridized carbons (Fsp3) is 0.250. The summed E-state index contributed by atoms with van der Waals surface area (Å²) in [7, 11) is 0. The predicted octanol–water partition coefficient (Wildman–Crippen LogP) is 2.27. The van der Waals surface area contributed by atoms with Gasteiger partial charge in [0.15, 0.2) is 0 Å². The van der Waals surface area contributed by atoms with Crippen molar-refractivity contribution < 1.29 is 9.53 Å². The minimum Gasteiger partial charge on any atom is -0.420 e. The molecule has 1 spiro atoms. The van der Waals surface area contributed by atoms with E-state index in [1.54, 1.807) is 11.0 Å². The van der Waals surface area contributed by atoms with Crippen molar-refractivity contribution in [2.24, 2.45) is 5.73 Å².